The van der Waals surface area contributed by atoms with Gasteiger partial charge in [0.15, 0.2) is 0 Å². The highest BCUT2D eigenvalue weighted by atomic mass is 16.1. The summed E-state index contributed by atoms with van der Waals surface area (Å²) in [6.45, 7) is 6.11. The van der Waals surface area contributed by atoms with Crippen LogP contribution in [0.1, 0.15) is 23.6 Å². The first-order valence-electron chi connectivity index (χ1n) is 8.38. The smallest absolute Gasteiger partial charge is 0.323 e. The van der Waals surface area contributed by atoms with Crippen molar-refractivity contribution in [1.29, 1.82) is 5.26 Å². The lowest BCUT2D eigenvalue weighted by Crippen LogP contribution is -2.10. The van der Waals surface area contributed by atoms with Gasteiger partial charge in [0.2, 0.25) is 0 Å². The van der Waals surface area contributed by atoms with Crippen LogP contribution in [-0.2, 0) is 6.54 Å². The van der Waals surface area contributed by atoms with E-state index in [1.54, 1.807) is 12.3 Å². The van der Waals surface area contributed by atoms with Crippen molar-refractivity contribution < 1.29 is 0 Å². The molecule has 3 N–H and O–H groups in total. The van der Waals surface area contributed by atoms with E-state index in [2.05, 4.69) is 33.1 Å². The van der Waals surface area contributed by atoms with Crippen molar-refractivity contribution >= 4 is 23.3 Å². The van der Waals surface area contributed by atoms with Crippen LogP contribution in [0.4, 0.5) is 0 Å². The second-order valence-corrected chi connectivity index (χ2v) is 6.10. The number of H-pyrrole nitrogens is 2. The summed E-state index contributed by atoms with van der Waals surface area (Å²) < 4.78 is 0. The summed E-state index contributed by atoms with van der Waals surface area (Å²) in [6.07, 6.45) is 3.64. The fourth-order valence-electron chi connectivity index (χ4n) is 2.78. The van der Waals surface area contributed by atoms with E-state index < -0.39 is 0 Å². The van der Waals surface area contributed by atoms with Crippen LogP contribution in [0.5, 0.6) is 0 Å². The largest absolute Gasteiger partial charge is 0.384 e. The van der Waals surface area contributed by atoms with Gasteiger partial charge in [-0.15, -0.1) is 0 Å². The zero-order valence-electron chi connectivity index (χ0n) is 14.9. The van der Waals surface area contributed by atoms with E-state index in [0.29, 0.717) is 12.1 Å². The molecule has 0 saturated heterocycles. The van der Waals surface area contributed by atoms with Gasteiger partial charge in [0.25, 0.3) is 0 Å². The molecular formula is C21H19N5O. The minimum absolute atomic E-state index is 0.234. The molecule has 0 bridgehead atoms. The third kappa shape index (κ3) is 4.41. The number of nitrogens with zero attached hydrogens (tertiary/aromatic N) is 2. The van der Waals surface area contributed by atoms with Crippen molar-refractivity contribution in [1.82, 2.24) is 15.3 Å². The van der Waals surface area contributed by atoms with Gasteiger partial charge in [0.1, 0.15) is 0 Å². The van der Waals surface area contributed by atoms with Crippen LogP contribution in [-0.4, -0.2) is 16.7 Å². The first-order chi connectivity index (χ1) is 13.1. The van der Waals surface area contributed by atoms with Crippen LogP contribution in [0, 0.1) is 11.3 Å². The number of hydrogen-bond acceptors (Lipinski definition) is 4. The molecule has 134 valence electrons. The standard InChI is InChI=1S/C21H19N5O/c1-14(24-12-16-5-3-4-15(9-16)11-22)8-18(13-23-2)17-6-7-19-20(10-17)26-21(27)25-19/h3-10,13,24H,2,12H2,1H3,(H2,25,26,27)/b14-8+,18-13+. The second-order valence-electron chi connectivity index (χ2n) is 6.10. The Morgan fingerprint density at radius 3 is 2.85 bits per heavy atom. The fraction of sp³-hybridized carbons (Fsp3) is 0.0952. The maximum atomic E-state index is 11.4. The SMILES string of the molecule is C=N/C=C(\C=C(/C)NCc1cccc(C#N)c1)c1ccc2[nH]c(=O)[nH]c2c1. The topological polar surface area (TPSA) is 96.8 Å². The summed E-state index contributed by atoms with van der Waals surface area (Å²) in [5, 5.41) is 12.3. The van der Waals surface area contributed by atoms with Gasteiger partial charge in [-0.2, -0.15) is 5.26 Å². The Morgan fingerprint density at radius 1 is 1.26 bits per heavy atom. The second kappa shape index (κ2) is 8.02. The lowest BCUT2D eigenvalue weighted by molar-refractivity contribution is 0.812. The number of aromatic amines is 2. The molecule has 0 radical (unpaired) electrons. The number of allylic oxidation sites excluding steroid dienone is 3. The molecule has 0 aliphatic heterocycles. The van der Waals surface area contributed by atoms with E-state index in [-0.39, 0.29) is 5.69 Å². The number of nitrogens with one attached hydrogen (secondary N) is 3. The van der Waals surface area contributed by atoms with E-state index in [9.17, 15) is 4.79 Å². The minimum atomic E-state index is -0.234. The number of hydrogen-bond donors (Lipinski definition) is 3. The molecule has 0 spiro atoms. The third-order valence-corrected chi connectivity index (χ3v) is 4.08. The highest BCUT2D eigenvalue weighted by Crippen LogP contribution is 2.21. The van der Waals surface area contributed by atoms with E-state index in [4.69, 9.17) is 5.26 Å². The lowest BCUT2D eigenvalue weighted by atomic mass is 10.0. The van der Waals surface area contributed by atoms with Crippen molar-refractivity contribution in [2.75, 3.05) is 0 Å². The number of fused-ring (bicyclic) bond motifs is 1. The predicted molar refractivity (Wildman–Crippen MR) is 108 cm³/mol. The first-order valence-corrected chi connectivity index (χ1v) is 8.38. The molecule has 0 fully saturated rings. The molecule has 3 aromatic rings. The molecule has 3 rings (SSSR count). The van der Waals surface area contributed by atoms with Crippen molar-refractivity contribution in [3.63, 3.8) is 0 Å². The highest BCUT2D eigenvalue weighted by Gasteiger charge is 2.04. The minimum Gasteiger partial charge on any atom is -0.384 e. The maximum Gasteiger partial charge on any atom is 0.323 e. The van der Waals surface area contributed by atoms with Gasteiger partial charge in [-0.25, -0.2) is 4.79 Å². The molecule has 27 heavy (non-hydrogen) atoms. The van der Waals surface area contributed by atoms with Crippen LogP contribution >= 0.6 is 0 Å². The molecule has 0 unspecified atom stereocenters. The van der Waals surface area contributed by atoms with E-state index >= 15 is 0 Å². The Balaban J connectivity index is 1.81. The van der Waals surface area contributed by atoms with Gasteiger partial charge >= 0.3 is 5.69 Å². The Bertz CT molecular complexity index is 1140. The number of aromatic nitrogens is 2. The quantitative estimate of drug-likeness (QED) is 0.465. The summed E-state index contributed by atoms with van der Waals surface area (Å²) in [6, 6.07) is 15.3. The number of benzene rings is 2. The van der Waals surface area contributed by atoms with Crippen molar-refractivity contribution in [3.05, 3.63) is 87.6 Å². The summed E-state index contributed by atoms with van der Waals surface area (Å²) in [5.41, 5.74) is 5.65. The predicted octanol–water partition coefficient (Wildman–Crippen LogP) is 3.46. The number of aliphatic imine (C=N–C) groups is 1. The van der Waals surface area contributed by atoms with Crippen LogP contribution in [0.3, 0.4) is 0 Å². The van der Waals surface area contributed by atoms with Gasteiger partial charge < -0.3 is 15.3 Å². The summed E-state index contributed by atoms with van der Waals surface area (Å²) in [5.74, 6) is 0. The average Bonchev–Trinajstić information content (AvgIpc) is 3.05. The van der Waals surface area contributed by atoms with Crippen LogP contribution < -0.4 is 11.0 Å². The van der Waals surface area contributed by atoms with Gasteiger partial charge in [0.05, 0.1) is 22.7 Å². The molecule has 1 heterocycles. The summed E-state index contributed by atoms with van der Waals surface area (Å²) >= 11 is 0. The number of nitriles is 1. The maximum absolute atomic E-state index is 11.4. The normalized spacial score (nSPS) is 12.0. The van der Waals surface area contributed by atoms with Crippen LogP contribution in [0.25, 0.3) is 16.6 Å². The average molecular weight is 357 g/mol. The molecular weight excluding hydrogens is 338 g/mol. The van der Waals surface area contributed by atoms with Gasteiger partial charge in [-0.1, -0.05) is 18.2 Å². The zero-order valence-corrected chi connectivity index (χ0v) is 14.9. The molecule has 0 saturated carbocycles. The van der Waals surface area contributed by atoms with Crippen molar-refractivity contribution in [2.24, 2.45) is 4.99 Å². The molecule has 6 nitrogen and oxygen atoms in total. The van der Waals surface area contributed by atoms with Crippen LogP contribution in [0.2, 0.25) is 0 Å². The molecule has 0 aliphatic carbocycles. The monoisotopic (exact) mass is 357 g/mol. The first kappa shape index (κ1) is 18.0. The van der Waals surface area contributed by atoms with Crippen molar-refractivity contribution in [2.45, 2.75) is 13.5 Å². The Hall–Kier alpha value is -3.85. The fourth-order valence-corrected chi connectivity index (χ4v) is 2.78. The third-order valence-electron chi connectivity index (χ3n) is 4.08. The molecule has 6 heteroatoms. The van der Waals surface area contributed by atoms with Gasteiger partial charge in [-0.05, 0) is 55.1 Å². The molecule has 0 amide bonds. The molecule has 2 aromatic carbocycles. The number of rotatable bonds is 6. The lowest BCUT2D eigenvalue weighted by Gasteiger charge is -2.09. The van der Waals surface area contributed by atoms with Crippen molar-refractivity contribution in [3.8, 4) is 6.07 Å². The Labute approximate surface area is 156 Å². The van der Waals surface area contributed by atoms with Gasteiger partial charge in [0, 0.05) is 24.0 Å². The molecule has 0 aliphatic rings. The van der Waals surface area contributed by atoms with Gasteiger partial charge in [-0.3, -0.25) is 4.99 Å². The Morgan fingerprint density at radius 2 is 2.07 bits per heavy atom. The number of imidazole rings is 1. The Kier molecular flexibility index (Phi) is 5.33. The molecule has 1 aromatic heterocycles. The van der Waals surface area contributed by atoms with E-state index in [1.165, 1.54) is 0 Å². The van der Waals surface area contributed by atoms with E-state index in [0.717, 1.165) is 33.4 Å². The van der Waals surface area contributed by atoms with E-state index in [1.807, 2.05) is 49.4 Å². The zero-order chi connectivity index (χ0) is 19.2. The van der Waals surface area contributed by atoms with Crippen LogP contribution in [0.15, 0.2) is 70.2 Å². The summed E-state index contributed by atoms with van der Waals surface area (Å²) in [4.78, 5) is 20.8. The molecule has 0 atom stereocenters. The highest BCUT2D eigenvalue weighted by molar-refractivity contribution is 5.83. The summed E-state index contributed by atoms with van der Waals surface area (Å²) in [7, 11) is 0.